The minimum Gasteiger partial charge on any atom is -0.481 e. The summed E-state index contributed by atoms with van der Waals surface area (Å²) < 4.78 is 10.7. The standard InChI is InChI=1S/C24H26N2O6/c27-22(26-12-15-11-20(15)23(28)29)14-31-10-9-25-24(30)32-13-21-18-7-3-1-5-16(18)17-6-2-4-8-19(17)21/h1-8,15,20-21H,9-14H2,(H,25,30)(H,26,27)(H,28,29)/t15-,20-/m0/s1. The highest BCUT2D eigenvalue weighted by Crippen LogP contribution is 2.44. The first kappa shape index (κ1) is 21.8. The zero-order chi connectivity index (χ0) is 22.5. The Morgan fingerprint density at radius 1 is 0.969 bits per heavy atom. The Morgan fingerprint density at radius 3 is 2.25 bits per heavy atom. The van der Waals surface area contributed by atoms with Gasteiger partial charge in [-0.2, -0.15) is 0 Å². The molecule has 0 heterocycles. The number of amides is 2. The zero-order valence-electron chi connectivity index (χ0n) is 17.6. The molecule has 4 rings (SSSR count). The van der Waals surface area contributed by atoms with E-state index in [-0.39, 0.29) is 50.0 Å². The first-order valence-electron chi connectivity index (χ1n) is 10.7. The first-order valence-corrected chi connectivity index (χ1v) is 10.7. The second-order valence-corrected chi connectivity index (χ2v) is 8.05. The Balaban J connectivity index is 1.12. The van der Waals surface area contributed by atoms with E-state index in [9.17, 15) is 14.4 Å². The number of carboxylic acid groups (broad SMARTS) is 1. The number of fused-ring (bicyclic) bond motifs is 3. The summed E-state index contributed by atoms with van der Waals surface area (Å²) in [4.78, 5) is 34.5. The van der Waals surface area contributed by atoms with Gasteiger partial charge in [0, 0.05) is 19.0 Å². The number of rotatable bonds is 10. The van der Waals surface area contributed by atoms with E-state index in [1.807, 2.05) is 24.3 Å². The minimum absolute atomic E-state index is 0.000267. The highest BCUT2D eigenvalue weighted by atomic mass is 16.5. The monoisotopic (exact) mass is 438 g/mol. The molecule has 2 amide bonds. The minimum atomic E-state index is -0.820. The van der Waals surface area contributed by atoms with Gasteiger partial charge < -0.3 is 25.2 Å². The van der Waals surface area contributed by atoms with Crippen LogP contribution in [0.1, 0.15) is 23.5 Å². The van der Waals surface area contributed by atoms with Gasteiger partial charge in [-0.15, -0.1) is 0 Å². The quantitative estimate of drug-likeness (QED) is 0.491. The molecule has 3 N–H and O–H groups in total. The number of carbonyl (C=O) groups excluding carboxylic acids is 2. The van der Waals surface area contributed by atoms with Gasteiger partial charge in [-0.05, 0) is 34.6 Å². The van der Waals surface area contributed by atoms with Crippen LogP contribution < -0.4 is 10.6 Å². The molecule has 32 heavy (non-hydrogen) atoms. The van der Waals surface area contributed by atoms with Gasteiger partial charge in [-0.25, -0.2) is 4.79 Å². The van der Waals surface area contributed by atoms with E-state index < -0.39 is 12.1 Å². The topological polar surface area (TPSA) is 114 Å². The Bertz CT molecular complexity index is 962. The zero-order valence-corrected chi connectivity index (χ0v) is 17.6. The molecule has 8 heteroatoms. The van der Waals surface area contributed by atoms with E-state index in [0.717, 1.165) is 11.1 Å². The summed E-state index contributed by atoms with van der Waals surface area (Å²) in [6.07, 6.45) is 0.0638. The van der Waals surface area contributed by atoms with Crippen molar-refractivity contribution in [3.8, 4) is 11.1 Å². The second kappa shape index (κ2) is 9.82. The van der Waals surface area contributed by atoms with Gasteiger partial charge in [-0.1, -0.05) is 48.5 Å². The van der Waals surface area contributed by atoms with E-state index in [4.69, 9.17) is 14.6 Å². The average Bonchev–Trinajstić information content (AvgIpc) is 3.52. The number of nitrogens with one attached hydrogen (secondary N) is 2. The fraction of sp³-hybridized carbons (Fsp3) is 0.375. The van der Waals surface area contributed by atoms with Gasteiger partial charge in [-0.3, -0.25) is 9.59 Å². The maximum Gasteiger partial charge on any atom is 0.407 e. The van der Waals surface area contributed by atoms with Gasteiger partial charge in [0.1, 0.15) is 13.2 Å². The molecule has 0 unspecified atom stereocenters. The van der Waals surface area contributed by atoms with Crippen molar-refractivity contribution < 1.29 is 29.0 Å². The van der Waals surface area contributed by atoms with Crippen molar-refractivity contribution >= 4 is 18.0 Å². The molecular weight excluding hydrogens is 412 g/mol. The molecule has 8 nitrogen and oxygen atoms in total. The molecule has 0 aromatic heterocycles. The molecule has 0 spiro atoms. The molecule has 1 fully saturated rings. The summed E-state index contributed by atoms with van der Waals surface area (Å²) in [7, 11) is 0. The number of benzene rings is 2. The second-order valence-electron chi connectivity index (χ2n) is 8.05. The fourth-order valence-corrected chi connectivity index (χ4v) is 4.11. The number of hydrogen-bond donors (Lipinski definition) is 3. The smallest absolute Gasteiger partial charge is 0.407 e. The van der Waals surface area contributed by atoms with Crippen molar-refractivity contribution in [1.29, 1.82) is 0 Å². The molecule has 2 aromatic carbocycles. The molecule has 2 aliphatic rings. The molecule has 168 valence electrons. The van der Waals surface area contributed by atoms with Crippen molar-refractivity contribution in [1.82, 2.24) is 10.6 Å². The molecule has 0 aliphatic heterocycles. The van der Waals surface area contributed by atoms with E-state index in [1.54, 1.807) is 0 Å². The van der Waals surface area contributed by atoms with Gasteiger partial charge in [0.15, 0.2) is 0 Å². The predicted molar refractivity (Wildman–Crippen MR) is 116 cm³/mol. The lowest BCUT2D eigenvalue weighted by molar-refractivity contribution is -0.139. The molecule has 0 bridgehead atoms. The third kappa shape index (κ3) is 5.08. The molecule has 2 aromatic rings. The Hall–Kier alpha value is -3.39. The molecule has 2 atom stereocenters. The summed E-state index contributed by atoms with van der Waals surface area (Å²) in [6.45, 7) is 0.822. The van der Waals surface area contributed by atoms with Gasteiger partial charge in [0.25, 0.3) is 0 Å². The van der Waals surface area contributed by atoms with E-state index in [0.29, 0.717) is 13.0 Å². The lowest BCUT2D eigenvalue weighted by Gasteiger charge is -2.14. The normalized spacial score (nSPS) is 18.4. The average molecular weight is 438 g/mol. The summed E-state index contributed by atoms with van der Waals surface area (Å²) in [6, 6.07) is 16.3. The van der Waals surface area contributed by atoms with Crippen LogP contribution in [-0.2, 0) is 19.1 Å². The maximum absolute atomic E-state index is 12.1. The molecule has 2 aliphatic carbocycles. The van der Waals surface area contributed by atoms with Crippen LogP contribution in [0.2, 0.25) is 0 Å². The lowest BCUT2D eigenvalue weighted by atomic mass is 9.98. The highest BCUT2D eigenvalue weighted by Gasteiger charge is 2.42. The Morgan fingerprint density at radius 2 is 1.62 bits per heavy atom. The number of alkyl carbamates (subject to hydrolysis) is 1. The predicted octanol–water partition coefficient (Wildman–Crippen LogP) is 2.38. The summed E-state index contributed by atoms with van der Waals surface area (Å²) >= 11 is 0. The van der Waals surface area contributed by atoms with E-state index >= 15 is 0 Å². The summed E-state index contributed by atoms with van der Waals surface area (Å²) in [5.41, 5.74) is 4.64. The molecule has 1 saturated carbocycles. The SMILES string of the molecule is O=C(COCCNC(=O)OCC1c2ccccc2-c2ccccc21)NC[C@@H]1C[C@@H]1C(=O)O. The van der Waals surface area contributed by atoms with Crippen LogP contribution in [0.25, 0.3) is 11.1 Å². The van der Waals surface area contributed by atoms with Crippen LogP contribution in [0, 0.1) is 11.8 Å². The Kier molecular flexibility index (Phi) is 6.70. The number of carboxylic acids is 1. The van der Waals surface area contributed by atoms with Crippen LogP contribution in [0.4, 0.5) is 4.79 Å². The van der Waals surface area contributed by atoms with Crippen molar-refractivity contribution in [2.75, 3.05) is 32.9 Å². The van der Waals surface area contributed by atoms with Gasteiger partial charge in [0.2, 0.25) is 5.91 Å². The van der Waals surface area contributed by atoms with Crippen molar-refractivity contribution in [3.05, 3.63) is 59.7 Å². The molecular formula is C24H26N2O6. The van der Waals surface area contributed by atoms with Crippen LogP contribution in [0.15, 0.2) is 48.5 Å². The van der Waals surface area contributed by atoms with Gasteiger partial charge >= 0.3 is 12.1 Å². The summed E-state index contributed by atoms with van der Waals surface area (Å²) in [5, 5.41) is 14.1. The highest BCUT2D eigenvalue weighted by molar-refractivity contribution is 5.79. The van der Waals surface area contributed by atoms with Gasteiger partial charge in [0.05, 0.1) is 12.5 Å². The van der Waals surface area contributed by atoms with E-state index in [1.165, 1.54) is 11.1 Å². The van der Waals surface area contributed by atoms with E-state index in [2.05, 4.69) is 34.9 Å². The Labute approximate surface area is 185 Å². The molecule has 0 saturated heterocycles. The van der Waals surface area contributed by atoms with Crippen molar-refractivity contribution in [2.45, 2.75) is 12.3 Å². The number of aliphatic carboxylic acids is 1. The van der Waals surface area contributed by atoms with Crippen LogP contribution in [0.5, 0.6) is 0 Å². The third-order valence-corrected chi connectivity index (χ3v) is 5.89. The first-order chi connectivity index (χ1) is 15.5. The van der Waals surface area contributed by atoms with Crippen LogP contribution >= 0.6 is 0 Å². The summed E-state index contributed by atoms with van der Waals surface area (Å²) in [5.74, 6) is -1.47. The maximum atomic E-state index is 12.1. The third-order valence-electron chi connectivity index (χ3n) is 5.89. The number of ether oxygens (including phenoxy) is 2. The van der Waals surface area contributed by atoms with Crippen LogP contribution in [-0.4, -0.2) is 56.0 Å². The van der Waals surface area contributed by atoms with Crippen LogP contribution in [0.3, 0.4) is 0 Å². The number of hydrogen-bond acceptors (Lipinski definition) is 5. The molecule has 0 radical (unpaired) electrons. The number of carbonyl (C=O) groups is 3. The van der Waals surface area contributed by atoms with Crippen molar-refractivity contribution in [2.24, 2.45) is 11.8 Å². The lowest BCUT2D eigenvalue weighted by Crippen LogP contribution is -2.32. The largest absolute Gasteiger partial charge is 0.481 e. The van der Waals surface area contributed by atoms with Crippen molar-refractivity contribution in [3.63, 3.8) is 0 Å². The fourth-order valence-electron chi connectivity index (χ4n) is 4.11.